The molecule has 22 heavy (non-hydrogen) atoms. The number of carbonyl (C=O) groups is 1. The minimum Gasteiger partial charge on any atom is -0.296 e. The lowest BCUT2D eigenvalue weighted by Gasteiger charge is -2.16. The summed E-state index contributed by atoms with van der Waals surface area (Å²) in [4.78, 5) is 17.6. The van der Waals surface area contributed by atoms with Gasteiger partial charge in [0.2, 0.25) is 5.52 Å². The summed E-state index contributed by atoms with van der Waals surface area (Å²) in [7, 11) is 0. The number of carbonyl (C=O) groups excluding carboxylic acids is 1. The Labute approximate surface area is 134 Å². The molecule has 6 heteroatoms. The number of nitrogens with one attached hydrogen (secondary N) is 1. The summed E-state index contributed by atoms with van der Waals surface area (Å²) in [6.45, 7) is -1.74. The summed E-state index contributed by atoms with van der Waals surface area (Å²) in [6, 6.07) is 17.1. The van der Waals surface area contributed by atoms with E-state index in [-0.39, 0.29) is 0 Å². The highest BCUT2D eigenvalue weighted by molar-refractivity contribution is 8.07. The van der Waals surface area contributed by atoms with Gasteiger partial charge in [-0.3, -0.25) is 14.2 Å². The third-order valence-corrected chi connectivity index (χ3v) is 6.09. The molecule has 2 unspecified atom stereocenters. The monoisotopic (exact) mass is 337 g/mol. The predicted octanol–water partition coefficient (Wildman–Crippen LogP) is 3.47. The van der Waals surface area contributed by atoms with Crippen molar-refractivity contribution in [3.05, 3.63) is 66.2 Å². The predicted molar refractivity (Wildman–Crippen MR) is 88.4 cm³/mol. The van der Waals surface area contributed by atoms with Gasteiger partial charge in [0.05, 0.1) is 12.6 Å². The zero-order valence-electron chi connectivity index (χ0n) is 12.1. The Hall–Kier alpha value is -1.45. The van der Waals surface area contributed by atoms with Crippen molar-refractivity contribution in [3.63, 3.8) is 0 Å². The van der Waals surface area contributed by atoms with E-state index in [4.69, 9.17) is 16.1 Å². The first kappa shape index (κ1) is 16.9. The number of hydrogen-bond acceptors (Lipinski definition) is 4. The topological polar surface area (TPSA) is 55.4 Å². The molecule has 0 amide bonds. The molecule has 2 aromatic rings. The molecule has 0 aliphatic heterocycles. The summed E-state index contributed by atoms with van der Waals surface area (Å²) >= 11 is 6.01. The van der Waals surface area contributed by atoms with Crippen molar-refractivity contribution in [2.45, 2.75) is 19.6 Å². The van der Waals surface area contributed by atoms with Crippen LogP contribution in [0.5, 0.6) is 0 Å². The summed E-state index contributed by atoms with van der Waals surface area (Å²) in [5, 5.41) is 0.332. The smallest absolute Gasteiger partial charge is 0.261 e. The molecule has 0 spiro atoms. The first-order chi connectivity index (χ1) is 10.5. The van der Waals surface area contributed by atoms with E-state index in [0.717, 1.165) is 5.56 Å². The van der Waals surface area contributed by atoms with Crippen LogP contribution in [0.25, 0.3) is 0 Å². The first-order valence-corrected chi connectivity index (χ1v) is 9.44. The van der Waals surface area contributed by atoms with E-state index in [0.29, 0.717) is 11.9 Å². The van der Waals surface area contributed by atoms with Crippen molar-refractivity contribution in [1.82, 2.24) is 5.48 Å². The quantitative estimate of drug-likeness (QED) is 0.621. The average molecular weight is 338 g/mol. The number of hydroxylamine groups is 1. The van der Waals surface area contributed by atoms with E-state index in [1.54, 1.807) is 37.3 Å². The second-order valence-corrected chi connectivity index (χ2v) is 8.27. The number of hydrogen-bond donors (Lipinski definition) is 1. The second-order valence-electron chi connectivity index (χ2n) is 4.82. The van der Waals surface area contributed by atoms with Crippen molar-refractivity contribution in [2.75, 3.05) is 0 Å². The number of benzene rings is 2. The van der Waals surface area contributed by atoms with Crippen molar-refractivity contribution in [2.24, 2.45) is 0 Å². The standard InChI is InChI=1S/C16H17ClNO3P/c1-13(18-21-12-14-8-4-2-5-9-14)16(19)22(17,20)15-10-6-3-7-11-15/h2-11,13,18H,12H2,1H3. The van der Waals surface area contributed by atoms with Gasteiger partial charge in [-0.2, -0.15) is 5.48 Å². The molecule has 116 valence electrons. The maximum absolute atomic E-state index is 12.5. The fourth-order valence-electron chi connectivity index (χ4n) is 1.87. The van der Waals surface area contributed by atoms with Gasteiger partial charge in [0.25, 0.3) is 6.49 Å². The highest BCUT2D eigenvalue weighted by atomic mass is 35.7. The third-order valence-electron chi connectivity index (χ3n) is 3.08. The molecule has 2 rings (SSSR count). The Kier molecular flexibility index (Phi) is 5.92. The van der Waals surface area contributed by atoms with Crippen LogP contribution in [0.2, 0.25) is 0 Å². The molecule has 2 aromatic carbocycles. The second kappa shape index (κ2) is 7.70. The van der Waals surface area contributed by atoms with Gasteiger partial charge in [0, 0.05) is 5.30 Å². The molecule has 4 nitrogen and oxygen atoms in total. The third kappa shape index (κ3) is 4.28. The van der Waals surface area contributed by atoms with Crippen LogP contribution in [0.4, 0.5) is 0 Å². The van der Waals surface area contributed by atoms with Gasteiger partial charge in [-0.25, -0.2) is 0 Å². The van der Waals surface area contributed by atoms with Crippen molar-refractivity contribution >= 4 is 28.6 Å². The molecular formula is C16H17ClNO3P. The van der Waals surface area contributed by atoms with Gasteiger partial charge in [0.15, 0.2) is 0 Å². The lowest BCUT2D eigenvalue weighted by atomic mass is 10.2. The Balaban J connectivity index is 1.93. The van der Waals surface area contributed by atoms with E-state index in [1.807, 2.05) is 30.3 Å². The molecule has 0 aliphatic carbocycles. The van der Waals surface area contributed by atoms with Gasteiger partial charge in [-0.1, -0.05) is 48.5 Å². The Bertz CT molecular complexity index is 664. The molecule has 0 aliphatic rings. The zero-order valence-corrected chi connectivity index (χ0v) is 13.8. The molecule has 0 aromatic heterocycles. The minimum absolute atomic E-state index is 0.302. The Morgan fingerprint density at radius 2 is 1.68 bits per heavy atom. The molecule has 0 radical (unpaired) electrons. The first-order valence-electron chi connectivity index (χ1n) is 6.83. The molecule has 0 heterocycles. The fraction of sp³-hybridized carbons (Fsp3) is 0.188. The van der Waals surface area contributed by atoms with Crippen LogP contribution < -0.4 is 10.8 Å². The van der Waals surface area contributed by atoms with E-state index in [9.17, 15) is 9.36 Å². The molecule has 0 saturated heterocycles. The Morgan fingerprint density at radius 3 is 2.27 bits per heavy atom. The highest BCUT2D eigenvalue weighted by Crippen LogP contribution is 2.51. The molecular weight excluding hydrogens is 321 g/mol. The maximum Gasteiger partial charge on any atom is 0.261 e. The van der Waals surface area contributed by atoms with Crippen LogP contribution in [0.1, 0.15) is 12.5 Å². The van der Waals surface area contributed by atoms with Gasteiger partial charge in [-0.05, 0) is 35.9 Å². The fourth-order valence-corrected chi connectivity index (χ4v) is 4.01. The van der Waals surface area contributed by atoms with Crippen molar-refractivity contribution in [3.8, 4) is 0 Å². The van der Waals surface area contributed by atoms with Crippen LogP contribution >= 0.6 is 17.7 Å². The normalized spacial score (nSPS) is 15.0. The van der Waals surface area contributed by atoms with Gasteiger partial charge >= 0.3 is 0 Å². The van der Waals surface area contributed by atoms with Crippen LogP contribution in [0.3, 0.4) is 0 Å². The van der Waals surface area contributed by atoms with Crippen LogP contribution in [-0.2, 0) is 20.8 Å². The SMILES string of the molecule is CC(NOCc1ccccc1)C(=O)P(=O)(Cl)c1ccccc1. The van der Waals surface area contributed by atoms with Crippen LogP contribution in [0.15, 0.2) is 60.7 Å². The van der Waals surface area contributed by atoms with E-state index < -0.39 is 18.1 Å². The zero-order chi connectivity index (χ0) is 16.0. The van der Waals surface area contributed by atoms with Gasteiger partial charge in [0.1, 0.15) is 0 Å². The van der Waals surface area contributed by atoms with Gasteiger partial charge < -0.3 is 0 Å². The number of rotatable bonds is 7. The molecule has 0 saturated carbocycles. The highest BCUT2D eigenvalue weighted by Gasteiger charge is 2.34. The summed E-state index contributed by atoms with van der Waals surface area (Å²) in [6.07, 6.45) is 0. The molecule has 0 fully saturated rings. The Morgan fingerprint density at radius 1 is 1.14 bits per heavy atom. The lowest BCUT2D eigenvalue weighted by molar-refractivity contribution is -0.117. The van der Waals surface area contributed by atoms with E-state index in [1.165, 1.54) is 0 Å². The lowest BCUT2D eigenvalue weighted by Crippen LogP contribution is -2.34. The van der Waals surface area contributed by atoms with Gasteiger partial charge in [-0.15, -0.1) is 0 Å². The summed E-state index contributed by atoms with van der Waals surface area (Å²) in [5.74, 6) is 0. The molecule has 2 atom stereocenters. The summed E-state index contributed by atoms with van der Waals surface area (Å²) < 4.78 is 12.5. The minimum atomic E-state index is -3.61. The maximum atomic E-state index is 12.5. The largest absolute Gasteiger partial charge is 0.296 e. The van der Waals surface area contributed by atoms with E-state index >= 15 is 0 Å². The molecule has 1 N–H and O–H groups in total. The average Bonchev–Trinajstić information content (AvgIpc) is 2.55. The van der Waals surface area contributed by atoms with Crippen molar-refractivity contribution in [1.29, 1.82) is 0 Å². The summed E-state index contributed by atoms with van der Waals surface area (Å²) in [5.41, 5.74) is 2.99. The van der Waals surface area contributed by atoms with E-state index in [2.05, 4.69) is 5.48 Å². The number of halogens is 1. The molecule has 0 bridgehead atoms. The van der Waals surface area contributed by atoms with Crippen LogP contribution in [-0.4, -0.2) is 11.6 Å². The van der Waals surface area contributed by atoms with Crippen molar-refractivity contribution < 1.29 is 14.2 Å². The van der Waals surface area contributed by atoms with Crippen LogP contribution in [0, 0.1) is 0 Å².